The van der Waals surface area contributed by atoms with Crippen molar-refractivity contribution >= 4 is 34.8 Å². The van der Waals surface area contributed by atoms with E-state index < -0.39 is 0 Å². The van der Waals surface area contributed by atoms with Crippen LogP contribution in [0.5, 0.6) is 6.01 Å². The first-order chi connectivity index (χ1) is 17.5. The van der Waals surface area contributed by atoms with Crippen LogP contribution in [-0.4, -0.2) is 27.3 Å². The highest BCUT2D eigenvalue weighted by molar-refractivity contribution is 6.42. The molecule has 0 atom stereocenters. The molecule has 0 spiro atoms. The van der Waals surface area contributed by atoms with Crippen LogP contribution in [0.1, 0.15) is 78.1 Å². The molecule has 0 unspecified atom stereocenters. The molecule has 6 nitrogen and oxygen atoms in total. The van der Waals surface area contributed by atoms with E-state index in [0.29, 0.717) is 28.9 Å². The van der Waals surface area contributed by atoms with Crippen molar-refractivity contribution in [1.82, 2.24) is 14.8 Å². The number of halogens is 2. The molecule has 3 rings (SSSR count). The van der Waals surface area contributed by atoms with Crippen LogP contribution in [0.2, 0.25) is 10.0 Å². The van der Waals surface area contributed by atoms with E-state index in [1.165, 1.54) is 44.9 Å². The molecule has 0 fully saturated rings. The Balaban J connectivity index is 1.55. The molecule has 1 aromatic heterocycles. The van der Waals surface area contributed by atoms with Crippen molar-refractivity contribution in [2.24, 2.45) is 0 Å². The molecule has 0 saturated carbocycles. The van der Waals surface area contributed by atoms with Gasteiger partial charge >= 0.3 is 6.01 Å². The van der Waals surface area contributed by atoms with E-state index >= 15 is 0 Å². The summed E-state index contributed by atoms with van der Waals surface area (Å²) in [7, 11) is 0. The number of ether oxygens (including phenoxy) is 1. The minimum Gasteiger partial charge on any atom is -0.463 e. The van der Waals surface area contributed by atoms with E-state index in [9.17, 15) is 4.79 Å². The summed E-state index contributed by atoms with van der Waals surface area (Å²) in [6.45, 7) is 4.57. The van der Waals surface area contributed by atoms with Crippen LogP contribution in [-0.2, 0) is 4.79 Å². The maximum Gasteiger partial charge on any atom is 0.336 e. The molecule has 8 heteroatoms. The largest absolute Gasteiger partial charge is 0.463 e. The molecule has 194 valence electrons. The zero-order valence-corrected chi connectivity index (χ0v) is 22.7. The van der Waals surface area contributed by atoms with E-state index in [0.717, 1.165) is 29.8 Å². The fourth-order valence-electron chi connectivity index (χ4n) is 3.99. The van der Waals surface area contributed by atoms with Gasteiger partial charge in [-0.3, -0.25) is 4.79 Å². The fraction of sp³-hybridized carbons (Fsp3) is 0.464. The van der Waals surface area contributed by atoms with Crippen molar-refractivity contribution in [3.8, 4) is 23.1 Å². The van der Waals surface area contributed by atoms with Crippen LogP contribution in [0.4, 0.5) is 5.69 Å². The monoisotopic (exact) mass is 530 g/mol. The van der Waals surface area contributed by atoms with Crippen molar-refractivity contribution in [1.29, 1.82) is 0 Å². The molecule has 1 heterocycles. The molecule has 0 aliphatic rings. The van der Waals surface area contributed by atoms with Gasteiger partial charge in [-0.05, 0) is 55.8 Å². The van der Waals surface area contributed by atoms with Crippen LogP contribution in [0, 0.1) is 0 Å². The summed E-state index contributed by atoms with van der Waals surface area (Å²) in [4.78, 5) is 16.9. The lowest BCUT2D eigenvalue weighted by molar-refractivity contribution is -0.116. The van der Waals surface area contributed by atoms with Crippen LogP contribution in [0.15, 0.2) is 42.5 Å². The van der Waals surface area contributed by atoms with Crippen molar-refractivity contribution in [3.63, 3.8) is 0 Å². The smallest absolute Gasteiger partial charge is 0.336 e. The van der Waals surface area contributed by atoms with Crippen LogP contribution >= 0.6 is 23.2 Å². The average Bonchev–Trinajstić information content (AvgIpc) is 3.29. The van der Waals surface area contributed by atoms with E-state index in [-0.39, 0.29) is 11.9 Å². The Morgan fingerprint density at radius 2 is 1.56 bits per heavy atom. The molecular formula is C28H36Cl2N4O2. The third kappa shape index (κ3) is 8.52. The number of carbonyl (C=O) groups excluding carboxylic acids is 1. The molecule has 0 saturated heterocycles. The zero-order valence-electron chi connectivity index (χ0n) is 21.2. The number of hydrogen-bond acceptors (Lipinski definition) is 4. The molecule has 36 heavy (non-hydrogen) atoms. The molecule has 0 bridgehead atoms. The van der Waals surface area contributed by atoms with Gasteiger partial charge in [-0.15, -0.1) is 5.10 Å². The van der Waals surface area contributed by atoms with Gasteiger partial charge in [0.25, 0.3) is 0 Å². The minimum atomic E-state index is 0.0431. The standard InChI is InChI=1S/C28H36Cl2N4O2/c1-3-5-6-7-8-9-10-11-12-13-26(35)31-22-15-17-23(18-16-22)34-27(32-28(33-34)36-4-2)21-14-19-24(29)25(30)20-21/h14-20H,3-13H2,1-2H3,(H,31,35). The fourth-order valence-corrected chi connectivity index (χ4v) is 4.29. The second-order valence-electron chi connectivity index (χ2n) is 8.87. The number of benzene rings is 2. The van der Waals surface area contributed by atoms with Gasteiger partial charge in [-0.25, -0.2) is 4.68 Å². The lowest BCUT2D eigenvalue weighted by Gasteiger charge is -2.09. The van der Waals surface area contributed by atoms with E-state index in [1.807, 2.05) is 37.3 Å². The molecule has 1 amide bonds. The maximum absolute atomic E-state index is 12.4. The van der Waals surface area contributed by atoms with Crippen molar-refractivity contribution in [2.75, 3.05) is 11.9 Å². The Bertz CT molecular complexity index is 1100. The number of carbonyl (C=O) groups is 1. The van der Waals surface area contributed by atoms with Gasteiger partial charge in [0.15, 0.2) is 5.82 Å². The van der Waals surface area contributed by atoms with Gasteiger partial charge in [0, 0.05) is 17.7 Å². The van der Waals surface area contributed by atoms with E-state index in [1.54, 1.807) is 16.8 Å². The first kappa shape index (κ1) is 28.0. The number of hydrogen-bond donors (Lipinski definition) is 1. The molecule has 3 aromatic rings. The van der Waals surface area contributed by atoms with Crippen LogP contribution < -0.4 is 10.1 Å². The van der Waals surface area contributed by atoms with Gasteiger partial charge in [0.1, 0.15) is 0 Å². The van der Waals surface area contributed by atoms with Gasteiger partial charge in [0.05, 0.1) is 22.3 Å². The summed E-state index contributed by atoms with van der Waals surface area (Å²) in [6, 6.07) is 13.1. The predicted octanol–water partition coefficient (Wildman–Crippen LogP) is 8.50. The Labute approximate surface area is 224 Å². The van der Waals surface area contributed by atoms with Crippen molar-refractivity contribution in [3.05, 3.63) is 52.5 Å². The summed E-state index contributed by atoms with van der Waals surface area (Å²) in [6.07, 6.45) is 11.7. The quantitative estimate of drug-likeness (QED) is 0.200. The van der Waals surface area contributed by atoms with Gasteiger partial charge in [-0.2, -0.15) is 4.98 Å². The SMILES string of the molecule is CCCCCCCCCCCC(=O)Nc1ccc(-n2nc(OCC)nc2-c2ccc(Cl)c(Cl)c2)cc1. The molecule has 0 aliphatic carbocycles. The molecule has 1 N–H and O–H groups in total. The number of nitrogens with one attached hydrogen (secondary N) is 1. The predicted molar refractivity (Wildman–Crippen MR) is 148 cm³/mol. The number of unbranched alkanes of at least 4 members (excludes halogenated alkanes) is 8. The maximum atomic E-state index is 12.4. The highest BCUT2D eigenvalue weighted by Gasteiger charge is 2.16. The first-order valence-corrected chi connectivity index (χ1v) is 13.7. The number of aromatic nitrogens is 3. The highest BCUT2D eigenvalue weighted by atomic mass is 35.5. The highest BCUT2D eigenvalue weighted by Crippen LogP contribution is 2.30. The van der Waals surface area contributed by atoms with Gasteiger partial charge in [0.2, 0.25) is 5.91 Å². The number of anilines is 1. The topological polar surface area (TPSA) is 69.0 Å². The summed E-state index contributed by atoms with van der Waals surface area (Å²) in [5.74, 6) is 0.626. The molecular weight excluding hydrogens is 495 g/mol. The van der Waals surface area contributed by atoms with Crippen molar-refractivity contribution < 1.29 is 9.53 Å². The Hall–Kier alpha value is -2.57. The summed E-state index contributed by atoms with van der Waals surface area (Å²) < 4.78 is 7.22. The van der Waals surface area contributed by atoms with Gasteiger partial charge < -0.3 is 10.1 Å². The Morgan fingerprint density at radius 1 is 0.889 bits per heavy atom. The number of amides is 1. The second-order valence-corrected chi connectivity index (χ2v) is 9.68. The third-order valence-electron chi connectivity index (χ3n) is 5.94. The van der Waals surface area contributed by atoms with Crippen LogP contribution in [0.25, 0.3) is 17.1 Å². The first-order valence-electron chi connectivity index (χ1n) is 13.0. The number of rotatable bonds is 15. The van der Waals surface area contributed by atoms with Gasteiger partial charge in [-0.1, -0.05) is 81.5 Å². The molecule has 2 aromatic carbocycles. The lowest BCUT2D eigenvalue weighted by Crippen LogP contribution is -2.11. The number of nitrogens with zero attached hydrogens (tertiary/aromatic N) is 3. The summed E-state index contributed by atoms with van der Waals surface area (Å²) in [5.41, 5.74) is 2.30. The van der Waals surface area contributed by atoms with E-state index in [2.05, 4.69) is 22.3 Å². The summed E-state index contributed by atoms with van der Waals surface area (Å²) >= 11 is 12.3. The minimum absolute atomic E-state index is 0.0431. The Morgan fingerprint density at radius 3 is 2.19 bits per heavy atom. The van der Waals surface area contributed by atoms with Crippen LogP contribution in [0.3, 0.4) is 0 Å². The van der Waals surface area contributed by atoms with E-state index in [4.69, 9.17) is 27.9 Å². The Kier molecular flexibility index (Phi) is 11.6. The zero-order chi connectivity index (χ0) is 25.8. The summed E-state index contributed by atoms with van der Waals surface area (Å²) in [5, 5.41) is 8.39. The second kappa shape index (κ2) is 14.9. The molecule has 0 aliphatic heterocycles. The lowest BCUT2D eigenvalue weighted by atomic mass is 10.1. The normalized spacial score (nSPS) is 11.0. The molecule has 0 radical (unpaired) electrons. The average molecular weight is 532 g/mol. The van der Waals surface area contributed by atoms with Crippen molar-refractivity contribution in [2.45, 2.75) is 78.1 Å². The third-order valence-corrected chi connectivity index (χ3v) is 6.68.